The van der Waals surface area contributed by atoms with E-state index in [-0.39, 0.29) is 24.3 Å². The highest BCUT2D eigenvalue weighted by atomic mass is 16.4. The summed E-state index contributed by atoms with van der Waals surface area (Å²) in [4.78, 5) is 91.0. The SMILES string of the molecule is CCN(C[C@H](CC(C)C)NC(=O)CNC(=O)[C@@H](NC(=O)[C@H](Cc1ccccc1)NC(=O)[C@H](CO)NC(=O)[C@@H](N)CC(=O)O)C(C)C)[C@@H](CC(C)C)C(N)=O. The van der Waals surface area contributed by atoms with E-state index in [1.54, 1.807) is 44.2 Å². The Morgan fingerprint density at radius 2 is 1.35 bits per heavy atom. The molecule has 0 spiro atoms. The van der Waals surface area contributed by atoms with Crippen LogP contribution >= 0.6 is 0 Å². The number of nitrogens with zero attached hydrogens (tertiary/aromatic N) is 1. The number of hydrogen-bond donors (Lipinski definition) is 9. The van der Waals surface area contributed by atoms with Crippen molar-refractivity contribution in [1.29, 1.82) is 0 Å². The van der Waals surface area contributed by atoms with Gasteiger partial charge in [0.05, 0.1) is 31.7 Å². The Morgan fingerprint density at radius 1 is 0.778 bits per heavy atom. The van der Waals surface area contributed by atoms with Crippen LogP contribution in [0.4, 0.5) is 0 Å². The molecule has 0 aliphatic carbocycles. The van der Waals surface area contributed by atoms with Crippen LogP contribution in [0, 0.1) is 17.8 Å². The van der Waals surface area contributed by atoms with E-state index in [0.29, 0.717) is 31.5 Å². The number of carboxylic acids is 1. The van der Waals surface area contributed by atoms with Crippen LogP contribution in [0.25, 0.3) is 0 Å². The maximum atomic E-state index is 13.7. The minimum atomic E-state index is -1.56. The first kappa shape index (κ1) is 47.4. The molecule has 17 heteroatoms. The molecule has 6 amide bonds. The molecule has 0 bridgehead atoms. The Hall–Kier alpha value is -4.61. The highest BCUT2D eigenvalue weighted by Crippen LogP contribution is 2.15. The number of carboxylic acid groups (broad SMARTS) is 1. The minimum Gasteiger partial charge on any atom is -0.481 e. The molecule has 0 saturated carbocycles. The zero-order valence-electron chi connectivity index (χ0n) is 32.6. The third-order valence-corrected chi connectivity index (χ3v) is 8.58. The van der Waals surface area contributed by atoms with Crippen LogP contribution in [-0.2, 0) is 40.0 Å². The number of carbonyl (C=O) groups excluding carboxylic acids is 6. The Kier molecular flexibility index (Phi) is 21.0. The quantitative estimate of drug-likeness (QED) is 0.0583. The highest BCUT2D eigenvalue weighted by Gasteiger charge is 2.32. The van der Waals surface area contributed by atoms with Gasteiger partial charge in [0.15, 0.2) is 0 Å². The summed E-state index contributed by atoms with van der Waals surface area (Å²) in [6, 6.07) is 2.37. The van der Waals surface area contributed by atoms with Crippen LogP contribution in [-0.4, -0.2) is 119 Å². The van der Waals surface area contributed by atoms with E-state index in [1.807, 2.05) is 39.5 Å². The van der Waals surface area contributed by atoms with Crippen LogP contribution in [0.5, 0.6) is 0 Å². The molecule has 0 aromatic heterocycles. The Labute approximate surface area is 318 Å². The van der Waals surface area contributed by atoms with Crippen molar-refractivity contribution in [3.63, 3.8) is 0 Å². The lowest BCUT2D eigenvalue weighted by molar-refractivity contribution is -0.140. The van der Waals surface area contributed by atoms with Gasteiger partial charge in [-0.15, -0.1) is 0 Å². The molecule has 0 unspecified atom stereocenters. The lowest BCUT2D eigenvalue weighted by atomic mass is 9.99. The molecule has 304 valence electrons. The summed E-state index contributed by atoms with van der Waals surface area (Å²) in [6.45, 7) is 13.0. The number of nitrogens with two attached hydrogens (primary N) is 2. The fourth-order valence-corrected chi connectivity index (χ4v) is 5.83. The second-order valence-corrected chi connectivity index (χ2v) is 14.7. The van der Waals surface area contributed by atoms with Gasteiger partial charge in [-0.1, -0.05) is 78.8 Å². The number of aliphatic hydroxyl groups is 1. The minimum absolute atomic E-state index is 0.0301. The summed E-state index contributed by atoms with van der Waals surface area (Å²) in [5, 5.41) is 31.7. The molecule has 54 heavy (non-hydrogen) atoms. The van der Waals surface area contributed by atoms with Crippen molar-refractivity contribution in [1.82, 2.24) is 31.5 Å². The molecule has 0 fully saturated rings. The lowest BCUT2D eigenvalue weighted by Gasteiger charge is -2.33. The van der Waals surface area contributed by atoms with Gasteiger partial charge in [0.1, 0.15) is 18.1 Å². The fraction of sp³-hybridized carbons (Fsp3) is 0.649. The molecular formula is C37H62N8O9. The zero-order valence-corrected chi connectivity index (χ0v) is 32.6. The number of aliphatic carboxylic acids is 1. The molecule has 1 rings (SSSR count). The van der Waals surface area contributed by atoms with Crippen LogP contribution in [0.2, 0.25) is 0 Å². The summed E-state index contributed by atoms with van der Waals surface area (Å²) in [7, 11) is 0. The Morgan fingerprint density at radius 3 is 1.85 bits per heavy atom. The molecule has 11 N–H and O–H groups in total. The summed E-state index contributed by atoms with van der Waals surface area (Å²) in [5.74, 6) is -5.59. The molecule has 6 atom stereocenters. The summed E-state index contributed by atoms with van der Waals surface area (Å²) in [5.41, 5.74) is 12.0. The van der Waals surface area contributed by atoms with Crippen LogP contribution < -0.4 is 38.1 Å². The van der Waals surface area contributed by atoms with Gasteiger partial charge < -0.3 is 48.3 Å². The number of amides is 6. The number of carbonyl (C=O) groups is 7. The van der Waals surface area contributed by atoms with Crippen molar-refractivity contribution in [2.45, 2.75) is 110 Å². The molecule has 17 nitrogen and oxygen atoms in total. The molecule has 0 saturated heterocycles. The fourth-order valence-electron chi connectivity index (χ4n) is 5.83. The van der Waals surface area contributed by atoms with Crippen LogP contribution in [0.15, 0.2) is 30.3 Å². The van der Waals surface area contributed by atoms with E-state index < -0.39 is 97.1 Å². The Bertz CT molecular complexity index is 1390. The van der Waals surface area contributed by atoms with Crippen molar-refractivity contribution >= 4 is 41.4 Å². The van der Waals surface area contributed by atoms with E-state index in [9.17, 15) is 38.7 Å². The molecular weight excluding hydrogens is 700 g/mol. The number of primary amides is 1. The average Bonchev–Trinajstić information content (AvgIpc) is 3.08. The molecule has 0 aliphatic rings. The van der Waals surface area contributed by atoms with Gasteiger partial charge >= 0.3 is 5.97 Å². The van der Waals surface area contributed by atoms with Gasteiger partial charge in [-0.2, -0.15) is 0 Å². The number of nitrogens with one attached hydrogen (secondary N) is 5. The second-order valence-electron chi connectivity index (χ2n) is 14.7. The first-order valence-corrected chi connectivity index (χ1v) is 18.4. The monoisotopic (exact) mass is 762 g/mol. The Balaban J connectivity index is 3.09. The summed E-state index contributed by atoms with van der Waals surface area (Å²) >= 11 is 0. The van der Waals surface area contributed by atoms with E-state index >= 15 is 0 Å². The molecule has 0 heterocycles. The third-order valence-electron chi connectivity index (χ3n) is 8.58. The lowest BCUT2D eigenvalue weighted by Crippen LogP contribution is -2.60. The number of likely N-dealkylation sites (N-methyl/N-ethyl adjacent to an activating group) is 1. The second kappa shape index (κ2) is 23.9. The first-order valence-electron chi connectivity index (χ1n) is 18.4. The van der Waals surface area contributed by atoms with Gasteiger partial charge in [0, 0.05) is 19.0 Å². The summed E-state index contributed by atoms with van der Waals surface area (Å²) in [6.07, 6.45) is 0.439. The highest BCUT2D eigenvalue weighted by molar-refractivity contribution is 5.96. The molecule has 0 radical (unpaired) electrons. The van der Waals surface area contributed by atoms with Crippen LogP contribution in [0.3, 0.4) is 0 Å². The third kappa shape index (κ3) is 17.5. The van der Waals surface area contributed by atoms with Crippen molar-refractivity contribution in [3.8, 4) is 0 Å². The number of rotatable bonds is 25. The van der Waals surface area contributed by atoms with Gasteiger partial charge in [0.2, 0.25) is 35.4 Å². The molecule has 1 aromatic carbocycles. The maximum Gasteiger partial charge on any atom is 0.305 e. The predicted molar refractivity (Wildman–Crippen MR) is 202 cm³/mol. The first-order chi connectivity index (χ1) is 25.3. The van der Waals surface area contributed by atoms with Gasteiger partial charge in [-0.05, 0) is 42.7 Å². The number of aliphatic hydroxyl groups excluding tert-OH is 1. The topological polar surface area (TPSA) is 275 Å². The van der Waals surface area contributed by atoms with E-state index in [2.05, 4.69) is 26.6 Å². The number of hydrogen-bond acceptors (Lipinski definition) is 10. The maximum absolute atomic E-state index is 13.7. The van der Waals surface area contributed by atoms with Gasteiger partial charge in [-0.25, -0.2) is 0 Å². The standard InChI is InChI=1S/C37H62N8O9/c1-8-45(29(33(39)50)15-22(4)5)19-25(14-21(2)3)41-30(47)18-40-37(54)32(23(6)7)44-35(52)27(16-24-12-10-9-11-13-24)42-36(53)28(20-46)43-34(51)26(38)17-31(48)49/h9-13,21-23,25-29,32,46H,8,14-20,38H2,1-7H3,(H2,39,50)(H,40,54)(H,41,47)(H,42,53)(H,43,51)(H,44,52)(H,48,49)/t25-,26-,27-,28-,29-,32-/m0/s1. The van der Waals surface area contributed by atoms with Gasteiger partial charge in [-0.3, -0.25) is 38.5 Å². The molecule has 1 aromatic rings. The van der Waals surface area contributed by atoms with Crippen molar-refractivity contribution in [3.05, 3.63) is 35.9 Å². The van der Waals surface area contributed by atoms with Crippen LogP contribution in [0.1, 0.15) is 73.3 Å². The zero-order chi connectivity index (χ0) is 41.1. The number of benzene rings is 1. The average molecular weight is 763 g/mol. The van der Waals surface area contributed by atoms with E-state index in [0.717, 1.165) is 0 Å². The van der Waals surface area contributed by atoms with Crippen molar-refractivity contribution in [2.24, 2.45) is 29.2 Å². The van der Waals surface area contributed by atoms with Crippen molar-refractivity contribution in [2.75, 3.05) is 26.2 Å². The van der Waals surface area contributed by atoms with E-state index in [1.165, 1.54) is 0 Å². The van der Waals surface area contributed by atoms with Crippen molar-refractivity contribution < 1.29 is 43.8 Å². The van der Waals surface area contributed by atoms with E-state index in [4.69, 9.17) is 16.6 Å². The van der Waals surface area contributed by atoms with Gasteiger partial charge in [0.25, 0.3) is 0 Å². The largest absolute Gasteiger partial charge is 0.481 e. The normalized spacial score (nSPS) is 14.8. The molecule has 0 aliphatic heterocycles. The summed E-state index contributed by atoms with van der Waals surface area (Å²) < 4.78 is 0. The predicted octanol–water partition coefficient (Wildman–Crippen LogP) is -0.997. The smallest absolute Gasteiger partial charge is 0.305 e.